The molecule has 114 valence electrons. The molecule has 1 atom stereocenters. The fraction of sp³-hybridized carbons (Fsp3) is 0.600. The molecule has 1 aromatic heterocycles. The van der Waals surface area contributed by atoms with Crippen LogP contribution >= 0.6 is 0 Å². The third-order valence-corrected chi connectivity index (χ3v) is 4.49. The molecular weight excluding hydrogens is 268 g/mol. The van der Waals surface area contributed by atoms with Gasteiger partial charge in [-0.25, -0.2) is 0 Å². The van der Waals surface area contributed by atoms with E-state index in [0.717, 1.165) is 39.0 Å². The predicted molar refractivity (Wildman–Crippen MR) is 78.9 cm³/mol. The molecule has 0 aliphatic carbocycles. The minimum Gasteiger partial charge on any atom is -0.357 e. The fourth-order valence-electron chi connectivity index (χ4n) is 3.23. The standard InChI is InChI=1S/C15H22N4O2/c1-17-9-5-13(15(17)21)18-7-3-8-19(11-10-18)14(20)12-4-2-6-16-12/h2,4,6,13,16H,3,5,7-11H2,1H3. The summed E-state index contributed by atoms with van der Waals surface area (Å²) < 4.78 is 0. The molecule has 2 aliphatic rings. The Morgan fingerprint density at radius 1 is 1.24 bits per heavy atom. The molecule has 0 aromatic carbocycles. The Balaban J connectivity index is 1.62. The molecule has 1 aromatic rings. The van der Waals surface area contributed by atoms with Gasteiger partial charge < -0.3 is 14.8 Å². The van der Waals surface area contributed by atoms with E-state index in [-0.39, 0.29) is 17.9 Å². The van der Waals surface area contributed by atoms with Crippen LogP contribution in [0.3, 0.4) is 0 Å². The van der Waals surface area contributed by atoms with Gasteiger partial charge in [0.1, 0.15) is 5.69 Å². The minimum atomic E-state index is 0.00976. The molecule has 3 rings (SSSR count). The Kier molecular flexibility index (Phi) is 3.96. The lowest BCUT2D eigenvalue weighted by Crippen LogP contribution is -2.43. The number of H-pyrrole nitrogens is 1. The number of hydrogen-bond acceptors (Lipinski definition) is 3. The van der Waals surface area contributed by atoms with Crippen LogP contribution in [-0.2, 0) is 4.79 Å². The first-order valence-electron chi connectivity index (χ1n) is 7.58. The molecule has 2 aliphatic heterocycles. The summed E-state index contributed by atoms with van der Waals surface area (Å²) in [4.78, 5) is 33.4. The van der Waals surface area contributed by atoms with E-state index in [1.54, 1.807) is 17.2 Å². The van der Waals surface area contributed by atoms with Gasteiger partial charge in [-0.2, -0.15) is 0 Å². The highest BCUT2D eigenvalue weighted by atomic mass is 16.2. The molecule has 2 fully saturated rings. The Hall–Kier alpha value is -1.82. The van der Waals surface area contributed by atoms with Gasteiger partial charge >= 0.3 is 0 Å². The summed E-state index contributed by atoms with van der Waals surface area (Å²) in [6, 6.07) is 3.65. The van der Waals surface area contributed by atoms with Crippen molar-refractivity contribution in [3.8, 4) is 0 Å². The third kappa shape index (κ3) is 2.81. The van der Waals surface area contributed by atoms with E-state index in [1.807, 2.05) is 18.0 Å². The van der Waals surface area contributed by atoms with Crippen LogP contribution in [0, 0.1) is 0 Å². The van der Waals surface area contributed by atoms with Gasteiger partial charge in [-0.1, -0.05) is 0 Å². The zero-order valence-corrected chi connectivity index (χ0v) is 12.4. The summed E-state index contributed by atoms with van der Waals surface area (Å²) >= 11 is 0. The molecule has 0 bridgehead atoms. The molecule has 2 amide bonds. The normalized spacial score (nSPS) is 24.4. The van der Waals surface area contributed by atoms with Crippen molar-refractivity contribution >= 4 is 11.8 Å². The van der Waals surface area contributed by atoms with Crippen molar-refractivity contribution in [2.45, 2.75) is 18.9 Å². The van der Waals surface area contributed by atoms with Gasteiger partial charge in [-0.3, -0.25) is 14.5 Å². The van der Waals surface area contributed by atoms with E-state index < -0.39 is 0 Å². The number of carbonyl (C=O) groups excluding carboxylic acids is 2. The van der Waals surface area contributed by atoms with E-state index in [0.29, 0.717) is 12.2 Å². The van der Waals surface area contributed by atoms with Crippen LogP contribution in [0.4, 0.5) is 0 Å². The van der Waals surface area contributed by atoms with Crippen molar-refractivity contribution in [1.29, 1.82) is 0 Å². The van der Waals surface area contributed by atoms with Crippen LogP contribution < -0.4 is 0 Å². The second-order valence-electron chi connectivity index (χ2n) is 5.83. The number of nitrogens with zero attached hydrogens (tertiary/aromatic N) is 3. The number of rotatable bonds is 2. The number of likely N-dealkylation sites (tertiary alicyclic amines) is 1. The summed E-state index contributed by atoms with van der Waals surface area (Å²) in [5, 5.41) is 0. The highest BCUT2D eigenvalue weighted by Crippen LogP contribution is 2.18. The Morgan fingerprint density at radius 2 is 2.10 bits per heavy atom. The number of likely N-dealkylation sites (N-methyl/N-ethyl adjacent to an activating group) is 1. The van der Waals surface area contributed by atoms with Crippen LogP contribution in [0.1, 0.15) is 23.3 Å². The molecule has 3 heterocycles. The number of nitrogens with one attached hydrogen (secondary N) is 1. The number of hydrogen-bond donors (Lipinski definition) is 1. The summed E-state index contributed by atoms with van der Waals surface area (Å²) in [6.07, 6.45) is 3.59. The largest absolute Gasteiger partial charge is 0.357 e. The molecule has 0 saturated carbocycles. The lowest BCUT2D eigenvalue weighted by Gasteiger charge is -2.26. The monoisotopic (exact) mass is 290 g/mol. The van der Waals surface area contributed by atoms with Gasteiger partial charge in [0.25, 0.3) is 5.91 Å². The summed E-state index contributed by atoms with van der Waals surface area (Å²) in [5.74, 6) is 0.274. The second kappa shape index (κ2) is 5.89. The van der Waals surface area contributed by atoms with Crippen molar-refractivity contribution in [3.63, 3.8) is 0 Å². The van der Waals surface area contributed by atoms with Crippen LogP contribution in [0.15, 0.2) is 18.3 Å². The van der Waals surface area contributed by atoms with Crippen molar-refractivity contribution < 1.29 is 9.59 Å². The first-order valence-corrected chi connectivity index (χ1v) is 7.58. The quantitative estimate of drug-likeness (QED) is 0.857. The Bertz CT molecular complexity index is 514. The molecule has 0 spiro atoms. The zero-order chi connectivity index (χ0) is 14.8. The van der Waals surface area contributed by atoms with Crippen molar-refractivity contribution in [2.75, 3.05) is 39.8 Å². The molecule has 21 heavy (non-hydrogen) atoms. The molecule has 2 saturated heterocycles. The smallest absolute Gasteiger partial charge is 0.270 e. The first kappa shape index (κ1) is 14.1. The van der Waals surface area contributed by atoms with E-state index >= 15 is 0 Å². The summed E-state index contributed by atoms with van der Waals surface area (Å²) in [6.45, 7) is 3.94. The molecule has 1 unspecified atom stereocenters. The fourth-order valence-corrected chi connectivity index (χ4v) is 3.23. The lowest BCUT2D eigenvalue weighted by atomic mass is 10.2. The summed E-state index contributed by atoms with van der Waals surface area (Å²) in [5.41, 5.74) is 0.639. The van der Waals surface area contributed by atoms with Crippen molar-refractivity contribution in [1.82, 2.24) is 19.7 Å². The molecule has 0 radical (unpaired) electrons. The van der Waals surface area contributed by atoms with E-state index in [2.05, 4.69) is 9.88 Å². The van der Waals surface area contributed by atoms with Gasteiger partial charge in [0.2, 0.25) is 5.91 Å². The van der Waals surface area contributed by atoms with Crippen molar-refractivity contribution in [3.05, 3.63) is 24.0 Å². The molecule has 6 heteroatoms. The maximum absolute atomic E-state index is 12.4. The average Bonchev–Trinajstić information content (AvgIpc) is 3.05. The van der Waals surface area contributed by atoms with Gasteiger partial charge in [0.15, 0.2) is 0 Å². The molecule has 1 N–H and O–H groups in total. The van der Waals surface area contributed by atoms with Gasteiger partial charge in [0, 0.05) is 46.0 Å². The molecular formula is C15H22N4O2. The number of amides is 2. The third-order valence-electron chi connectivity index (χ3n) is 4.49. The first-order chi connectivity index (χ1) is 10.2. The number of aromatic amines is 1. The van der Waals surface area contributed by atoms with Gasteiger partial charge in [-0.15, -0.1) is 0 Å². The lowest BCUT2D eigenvalue weighted by molar-refractivity contribution is -0.131. The van der Waals surface area contributed by atoms with Gasteiger partial charge in [0.05, 0.1) is 6.04 Å². The highest BCUT2D eigenvalue weighted by molar-refractivity contribution is 5.92. The van der Waals surface area contributed by atoms with E-state index in [4.69, 9.17) is 0 Å². The van der Waals surface area contributed by atoms with Crippen LogP contribution in [0.25, 0.3) is 0 Å². The van der Waals surface area contributed by atoms with E-state index in [9.17, 15) is 9.59 Å². The summed E-state index contributed by atoms with van der Waals surface area (Å²) in [7, 11) is 1.86. The van der Waals surface area contributed by atoms with Crippen LogP contribution in [0.2, 0.25) is 0 Å². The molecule has 6 nitrogen and oxygen atoms in total. The maximum Gasteiger partial charge on any atom is 0.270 e. The van der Waals surface area contributed by atoms with Gasteiger partial charge in [-0.05, 0) is 25.0 Å². The Morgan fingerprint density at radius 3 is 2.76 bits per heavy atom. The maximum atomic E-state index is 12.4. The average molecular weight is 290 g/mol. The Labute approximate surface area is 124 Å². The minimum absolute atomic E-state index is 0.00976. The second-order valence-corrected chi connectivity index (χ2v) is 5.83. The van der Waals surface area contributed by atoms with Crippen molar-refractivity contribution in [2.24, 2.45) is 0 Å². The van der Waals surface area contributed by atoms with Crippen LogP contribution in [-0.4, -0.2) is 77.3 Å². The highest BCUT2D eigenvalue weighted by Gasteiger charge is 2.35. The SMILES string of the molecule is CN1CCC(N2CCCN(C(=O)c3ccc[nH]3)CC2)C1=O. The number of carbonyl (C=O) groups is 2. The van der Waals surface area contributed by atoms with Crippen LogP contribution in [0.5, 0.6) is 0 Å². The van der Waals surface area contributed by atoms with E-state index in [1.165, 1.54) is 0 Å². The number of aromatic nitrogens is 1. The topological polar surface area (TPSA) is 59.6 Å². The predicted octanol–water partition coefficient (Wildman–Crippen LogP) is 0.393. The zero-order valence-electron chi connectivity index (χ0n) is 12.4.